The number of thiazole rings is 1. The van der Waals surface area contributed by atoms with Crippen LogP contribution in [-0.4, -0.2) is 42.1 Å². The monoisotopic (exact) mass is 365 g/mol. The van der Waals surface area contributed by atoms with Crippen LogP contribution in [0.25, 0.3) is 0 Å². The number of alkyl halides is 2. The maximum absolute atomic E-state index is 13.3. The molecule has 25 heavy (non-hydrogen) atoms. The predicted octanol–water partition coefficient (Wildman–Crippen LogP) is 2.93. The Morgan fingerprint density at radius 2 is 2.12 bits per heavy atom. The van der Waals surface area contributed by atoms with E-state index in [1.54, 1.807) is 0 Å². The zero-order chi connectivity index (χ0) is 17.8. The van der Waals surface area contributed by atoms with E-state index in [0.717, 1.165) is 22.1 Å². The highest BCUT2D eigenvalue weighted by Crippen LogP contribution is 2.59. The summed E-state index contributed by atoms with van der Waals surface area (Å²) in [7, 11) is 1.34. The molecule has 4 rings (SSSR count). The quantitative estimate of drug-likeness (QED) is 0.780. The van der Waals surface area contributed by atoms with Gasteiger partial charge in [-0.15, -0.1) is 11.3 Å². The number of aryl methyl sites for hydroxylation is 1. The average Bonchev–Trinajstić information content (AvgIpc) is 3.06. The molecule has 0 amide bonds. The number of hydrogen-bond donors (Lipinski definition) is 0. The van der Waals surface area contributed by atoms with Crippen molar-refractivity contribution in [1.82, 2.24) is 9.97 Å². The lowest BCUT2D eigenvalue weighted by atomic mass is 10.1. The van der Waals surface area contributed by atoms with Crippen LogP contribution in [0.4, 0.5) is 14.6 Å². The molecule has 1 saturated heterocycles. The lowest BCUT2D eigenvalue weighted by molar-refractivity contribution is 0.0605. The molecule has 2 unspecified atom stereocenters. The minimum Gasteiger partial charge on any atom is -0.465 e. The van der Waals surface area contributed by atoms with E-state index in [1.165, 1.54) is 24.6 Å². The molecule has 1 saturated carbocycles. The molecule has 2 fully saturated rings. The molecule has 2 aliphatic rings. The molecule has 1 aliphatic heterocycles. The van der Waals surface area contributed by atoms with Gasteiger partial charge in [-0.1, -0.05) is 6.07 Å². The Labute approximate surface area is 147 Å². The fourth-order valence-electron chi connectivity index (χ4n) is 3.38. The highest BCUT2D eigenvalue weighted by molar-refractivity contribution is 7.13. The number of hydrogen-bond acceptors (Lipinski definition) is 6. The summed E-state index contributed by atoms with van der Waals surface area (Å²) >= 11 is 1.30. The summed E-state index contributed by atoms with van der Waals surface area (Å²) in [5.74, 6) is -3.15. The van der Waals surface area contributed by atoms with Crippen molar-refractivity contribution in [2.75, 3.05) is 25.1 Å². The molecule has 5 nitrogen and oxygen atoms in total. The zero-order valence-corrected chi connectivity index (χ0v) is 14.6. The Balaban J connectivity index is 1.46. The molecule has 2 aromatic heterocycles. The lowest BCUT2D eigenvalue weighted by Gasteiger charge is -2.21. The van der Waals surface area contributed by atoms with Crippen molar-refractivity contribution < 1.29 is 18.3 Å². The van der Waals surface area contributed by atoms with Crippen LogP contribution in [0.3, 0.4) is 0 Å². The first-order valence-electron chi connectivity index (χ1n) is 8.02. The van der Waals surface area contributed by atoms with Crippen molar-refractivity contribution in [3.05, 3.63) is 39.5 Å². The van der Waals surface area contributed by atoms with Gasteiger partial charge in [0.15, 0.2) is 0 Å². The minimum atomic E-state index is -2.48. The van der Waals surface area contributed by atoms with E-state index in [4.69, 9.17) is 0 Å². The van der Waals surface area contributed by atoms with Crippen molar-refractivity contribution in [1.29, 1.82) is 0 Å². The van der Waals surface area contributed by atoms with E-state index in [1.807, 2.05) is 24.0 Å². The van der Waals surface area contributed by atoms with Crippen LogP contribution in [0, 0.1) is 18.8 Å². The number of halogens is 2. The normalized spacial score (nSPS) is 23.4. The van der Waals surface area contributed by atoms with E-state index in [0.29, 0.717) is 24.4 Å². The lowest BCUT2D eigenvalue weighted by Crippen LogP contribution is -2.28. The molecule has 0 N–H and O–H groups in total. The molecule has 2 atom stereocenters. The summed E-state index contributed by atoms with van der Waals surface area (Å²) in [6.07, 6.45) is 2.09. The van der Waals surface area contributed by atoms with Crippen LogP contribution < -0.4 is 4.90 Å². The second-order valence-electron chi connectivity index (χ2n) is 6.49. The van der Waals surface area contributed by atoms with Crippen molar-refractivity contribution in [2.45, 2.75) is 19.3 Å². The summed E-state index contributed by atoms with van der Waals surface area (Å²) in [5, 5.41) is 0.806. The number of esters is 1. The van der Waals surface area contributed by atoms with Gasteiger partial charge >= 0.3 is 5.97 Å². The number of aromatic nitrogens is 2. The van der Waals surface area contributed by atoms with Crippen LogP contribution >= 0.6 is 11.3 Å². The summed E-state index contributed by atoms with van der Waals surface area (Å²) in [6, 6.07) is 3.83. The van der Waals surface area contributed by atoms with Crippen molar-refractivity contribution in [2.24, 2.45) is 11.8 Å². The average molecular weight is 365 g/mol. The van der Waals surface area contributed by atoms with Gasteiger partial charge in [0.1, 0.15) is 10.7 Å². The maximum Gasteiger partial charge on any atom is 0.349 e. The number of pyridine rings is 1. The van der Waals surface area contributed by atoms with Gasteiger partial charge in [-0.05, 0) is 18.6 Å². The largest absolute Gasteiger partial charge is 0.465 e. The first-order valence-corrected chi connectivity index (χ1v) is 8.84. The maximum atomic E-state index is 13.3. The fourth-order valence-corrected chi connectivity index (χ4v) is 4.24. The third-order valence-electron chi connectivity index (χ3n) is 4.99. The molecule has 8 heteroatoms. The van der Waals surface area contributed by atoms with E-state index in [9.17, 15) is 13.6 Å². The van der Waals surface area contributed by atoms with Gasteiger partial charge < -0.3 is 9.64 Å². The molecule has 0 spiro atoms. The number of ether oxygens (including phenoxy) is 1. The van der Waals surface area contributed by atoms with Crippen LogP contribution in [0.1, 0.15) is 25.9 Å². The molecule has 0 bridgehead atoms. The molecule has 1 aliphatic carbocycles. The highest BCUT2D eigenvalue weighted by Gasteiger charge is 2.71. The summed E-state index contributed by atoms with van der Waals surface area (Å²) < 4.78 is 31.3. The first-order chi connectivity index (χ1) is 11.9. The molecular formula is C17H17F2N3O2S. The topological polar surface area (TPSA) is 55.3 Å². The number of rotatable bonds is 4. The number of carbonyl (C=O) groups is 1. The van der Waals surface area contributed by atoms with E-state index in [-0.39, 0.29) is 0 Å². The third-order valence-corrected chi connectivity index (χ3v) is 5.96. The van der Waals surface area contributed by atoms with Gasteiger partial charge in [0.05, 0.1) is 30.2 Å². The fraction of sp³-hybridized carbons (Fsp3) is 0.471. The molecular weight excluding hydrogens is 348 g/mol. The van der Waals surface area contributed by atoms with Crippen molar-refractivity contribution in [3.63, 3.8) is 0 Å². The Morgan fingerprint density at radius 3 is 2.76 bits per heavy atom. The van der Waals surface area contributed by atoms with Crippen LogP contribution in [0.2, 0.25) is 0 Å². The van der Waals surface area contributed by atoms with E-state index in [2.05, 4.69) is 14.7 Å². The van der Waals surface area contributed by atoms with E-state index >= 15 is 0 Å². The SMILES string of the molecule is COC(=O)c1cnc(Cc2ccc(N3CC4C(C3)C4(F)F)nc2C)s1. The Kier molecular flexibility index (Phi) is 3.75. The van der Waals surface area contributed by atoms with Crippen LogP contribution in [-0.2, 0) is 11.2 Å². The molecule has 2 aromatic rings. The Bertz CT molecular complexity index is 825. The summed E-state index contributed by atoms with van der Waals surface area (Å²) in [5.41, 5.74) is 1.85. The predicted molar refractivity (Wildman–Crippen MR) is 89.4 cm³/mol. The van der Waals surface area contributed by atoms with Gasteiger partial charge in [-0.2, -0.15) is 0 Å². The molecule has 0 aromatic carbocycles. The smallest absolute Gasteiger partial charge is 0.349 e. The first kappa shape index (κ1) is 16.4. The van der Waals surface area contributed by atoms with Crippen LogP contribution in [0.5, 0.6) is 0 Å². The molecule has 132 valence electrons. The Hall–Kier alpha value is -2.09. The number of anilines is 1. The summed E-state index contributed by atoms with van der Waals surface area (Å²) in [4.78, 5) is 22.7. The minimum absolute atomic E-state index is 0.373. The van der Waals surface area contributed by atoms with Gasteiger partial charge in [0, 0.05) is 25.2 Å². The second kappa shape index (κ2) is 5.72. The number of fused-ring (bicyclic) bond motifs is 1. The van der Waals surface area contributed by atoms with Crippen molar-refractivity contribution >= 4 is 23.1 Å². The number of piperidine rings is 1. The number of carbonyl (C=O) groups excluding carboxylic acids is 1. The van der Waals surface area contributed by atoms with Gasteiger partial charge in [0.2, 0.25) is 0 Å². The van der Waals surface area contributed by atoms with Gasteiger partial charge in [-0.3, -0.25) is 0 Å². The van der Waals surface area contributed by atoms with Crippen molar-refractivity contribution in [3.8, 4) is 0 Å². The van der Waals surface area contributed by atoms with E-state index < -0.39 is 23.7 Å². The number of nitrogens with zero attached hydrogens (tertiary/aromatic N) is 3. The van der Waals surface area contributed by atoms with Crippen LogP contribution in [0.15, 0.2) is 18.3 Å². The standard InChI is InChI=1S/C17H17F2N3O2S/c1-9-10(5-15-20-6-13(25-15)16(23)24-2)3-4-14(21-9)22-7-11-12(8-22)17(11,18)19/h3-4,6,11-12H,5,7-8H2,1-2H3. The zero-order valence-electron chi connectivity index (χ0n) is 13.8. The molecule has 0 radical (unpaired) electrons. The summed E-state index contributed by atoms with van der Waals surface area (Å²) in [6.45, 7) is 2.65. The highest BCUT2D eigenvalue weighted by atomic mass is 32.1. The third kappa shape index (κ3) is 2.78. The number of methoxy groups -OCH3 is 1. The molecule has 3 heterocycles. The van der Waals surface area contributed by atoms with Gasteiger partial charge in [0.25, 0.3) is 5.92 Å². The second-order valence-corrected chi connectivity index (χ2v) is 7.61. The van der Waals surface area contributed by atoms with Gasteiger partial charge in [-0.25, -0.2) is 23.5 Å². The Morgan fingerprint density at radius 1 is 1.40 bits per heavy atom.